The molecule has 1 aliphatic heterocycles. The minimum absolute atomic E-state index is 0.0712. The summed E-state index contributed by atoms with van der Waals surface area (Å²) >= 11 is 0. The first-order valence-electron chi connectivity index (χ1n) is 7.18. The van der Waals surface area contributed by atoms with Crippen LogP contribution in [0.1, 0.15) is 25.5 Å². The summed E-state index contributed by atoms with van der Waals surface area (Å²) < 4.78 is 19.0. The van der Waals surface area contributed by atoms with Crippen LogP contribution in [0.4, 0.5) is 4.39 Å². The Bertz CT molecular complexity index is 436. The van der Waals surface area contributed by atoms with Crippen LogP contribution in [0.2, 0.25) is 0 Å². The van der Waals surface area contributed by atoms with Gasteiger partial charge in [-0.3, -0.25) is 4.90 Å². The van der Waals surface area contributed by atoms with E-state index < -0.39 is 6.10 Å². The quantitative estimate of drug-likeness (QED) is 0.860. The lowest BCUT2D eigenvalue weighted by Gasteiger charge is -2.35. The number of nitrogens with zero attached hydrogens (tertiary/aromatic N) is 1. The number of nitrogens with one attached hydrogen (secondary N) is 1. The molecule has 2 atom stereocenters. The molecular formula is C15H23FN2O2. The highest BCUT2D eigenvalue weighted by Gasteiger charge is 2.26. The van der Waals surface area contributed by atoms with Crippen LogP contribution in [-0.2, 0) is 0 Å². The first-order chi connectivity index (χ1) is 9.63. The molecule has 0 aromatic heterocycles. The van der Waals surface area contributed by atoms with Crippen molar-refractivity contribution < 1.29 is 14.2 Å². The Morgan fingerprint density at radius 1 is 1.40 bits per heavy atom. The third-order valence-electron chi connectivity index (χ3n) is 3.77. The average molecular weight is 282 g/mol. The molecule has 0 spiro atoms. The van der Waals surface area contributed by atoms with E-state index in [2.05, 4.69) is 10.2 Å². The third-order valence-corrected chi connectivity index (χ3v) is 3.77. The molecule has 1 saturated heterocycles. The molecule has 0 radical (unpaired) electrons. The number of benzene rings is 1. The third kappa shape index (κ3) is 3.48. The lowest BCUT2D eigenvalue weighted by molar-refractivity contribution is 0.0489. The fraction of sp³-hybridized carbons (Fsp3) is 0.600. The minimum atomic E-state index is -0.759. The zero-order valence-electron chi connectivity index (χ0n) is 12.1. The molecule has 1 aromatic carbocycles. The summed E-state index contributed by atoms with van der Waals surface area (Å²) in [4.78, 5) is 2.21. The maximum atomic E-state index is 13.5. The number of aliphatic hydroxyl groups excluding tert-OH is 1. The molecule has 2 unspecified atom stereocenters. The van der Waals surface area contributed by atoms with E-state index in [4.69, 9.17) is 4.74 Å². The largest absolute Gasteiger partial charge is 0.493 e. The van der Waals surface area contributed by atoms with Gasteiger partial charge < -0.3 is 15.2 Å². The maximum absolute atomic E-state index is 13.5. The van der Waals surface area contributed by atoms with Gasteiger partial charge in [-0.25, -0.2) is 4.39 Å². The van der Waals surface area contributed by atoms with Crippen molar-refractivity contribution >= 4 is 0 Å². The van der Waals surface area contributed by atoms with E-state index >= 15 is 0 Å². The summed E-state index contributed by atoms with van der Waals surface area (Å²) in [6.45, 7) is 7.94. The molecule has 0 saturated carbocycles. The smallest absolute Gasteiger partial charge is 0.125 e. The van der Waals surface area contributed by atoms with Gasteiger partial charge >= 0.3 is 0 Å². The second-order valence-electron chi connectivity index (χ2n) is 5.09. The Morgan fingerprint density at radius 2 is 2.10 bits per heavy atom. The van der Waals surface area contributed by atoms with Crippen LogP contribution in [0, 0.1) is 5.82 Å². The van der Waals surface area contributed by atoms with Crippen molar-refractivity contribution in [1.82, 2.24) is 10.2 Å². The van der Waals surface area contributed by atoms with E-state index in [-0.39, 0.29) is 11.9 Å². The topological polar surface area (TPSA) is 44.7 Å². The van der Waals surface area contributed by atoms with E-state index in [0.717, 1.165) is 26.2 Å². The molecule has 1 aromatic rings. The Balaban J connectivity index is 2.17. The summed E-state index contributed by atoms with van der Waals surface area (Å²) in [6, 6.07) is 4.24. The highest BCUT2D eigenvalue weighted by molar-refractivity contribution is 5.36. The molecular weight excluding hydrogens is 259 g/mol. The van der Waals surface area contributed by atoms with Gasteiger partial charge in [-0.05, 0) is 32.0 Å². The van der Waals surface area contributed by atoms with Gasteiger partial charge in [0.15, 0.2) is 0 Å². The summed E-state index contributed by atoms with van der Waals surface area (Å²) in [5.74, 6) is 0.207. The Kier molecular flexibility index (Phi) is 5.34. The van der Waals surface area contributed by atoms with Gasteiger partial charge in [0.1, 0.15) is 11.6 Å². The summed E-state index contributed by atoms with van der Waals surface area (Å²) in [5.41, 5.74) is 0.526. The number of ether oxygens (including phenoxy) is 1. The molecule has 1 aliphatic rings. The summed E-state index contributed by atoms with van der Waals surface area (Å²) in [7, 11) is 0. The predicted molar refractivity (Wildman–Crippen MR) is 76.4 cm³/mol. The minimum Gasteiger partial charge on any atom is -0.493 e. The van der Waals surface area contributed by atoms with Crippen molar-refractivity contribution in [3.63, 3.8) is 0 Å². The average Bonchev–Trinajstić information content (AvgIpc) is 2.48. The number of hydrogen-bond acceptors (Lipinski definition) is 4. The van der Waals surface area contributed by atoms with Gasteiger partial charge in [0.25, 0.3) is 0 Å². The van der Waals surface area contributed by atoms with Gasteiger partial charge in [0.2, 0.25) is 0 Å². The molecule has 0 bridgehead atoms. The molecule has 0 amide bonds. The van der Waals surface area contributed by atoms with Crippen molar-refractivity contribution in [1.29, 1.82) is 0 Å². The standard InChI is InChI=1S/C15H23FN2O2/c1-3-20-14-5-4-12(16)10-13(14)15(19)11(2)18-8-6-17-7-9-18/h4-5,10-11,15,17,19H,3,6-9H2,1-2H3. The van der Waals surface area contributed by atoms with Crippen LogP contribution >= 0.6 is 0 Å². The van der Waals surface area contributed by atoms with E-state index in [1.165, 1.54) is 12.1 Å². The first-order valence-corrected chi connectivity index (χ1v) is 7.18. The second kappa shape index (κ2) is 7.02. The van der Waals surface area contributed by atoms with Crippen LogP contribution in [0.15, 0.2) is 18.2 Å². The fourth-order valence-electron chi connectivity index (χ4n) is 2.59. The van der Waals surface area contributed by atoms with Crippen LogP contribution in [0.25, 0.3) is 0 Å². The Labute approximate surface area is 119 Å². The van der Waals surface area contributed by atoms with Gasteiger partial charge in [-0.1, -0.05) is 0 Å². The van der Waals surface area contributed by atoms with E-state index in [0.29, 0.717) is 17.9 Å². The van der Waals surface area contributed by atoms with Crippen molar-refractivity contribution in [2.75, 3.05) is 32.8 Å². The number of aliphatic hydroxyl groups is 1. The summed E-state index contributed by atoms with van der Waals surface area (Å²) in [6.07, 6.45) is -0.759. The van der Waals surface area contributed by atoms with Crippen LogP contribution in [-0.4, -0.2) is 48.8 Å². The lowest BCUT2D eigenvalue weighted by Crippen LogP contribution is -2.49. The molecule has 1 fully saturated rings. The van der Waals surface area contributed by atoms with Crippen molar-refractivity contribution in [2.24, 2.45) is 0 Å². The zero-order chi connectivity index (χ0) is 14.5. The molecule has 2 N–H and O–H groups in total. The van der Waals surface area contributed by atoms with Gasteiger partial charge in [0.05, 0.1) is 12.7 Å². The first kappa shape index (κ1) is 15.2. The molecule has 20 heavy (non-hydrogen) atoms. The second-order valence-corrected chi connectivity index (χ2v) is 5.09. The van der Waals surface area contributed by atoms with Gasteiger partial charge in [-0.2, -0.15) is 0 Å². The molecule has 0 aliphatic carbocycles. The highest BCUT2D eigenvalue weighted by atomic mass is 19.1. The fourth-order valence-corrected chi connectivity index (χ4v) is 2.59. The van der Waals surface area contributed by atoms with Crippen molar-refractivity contribution in [2.45, 2.75) is 26.0 Å². The number of piperazine rings is 1. The molecule has 112 valence electrons. The highest BCUT2D eigenvalue weighted by Crippen LogP contribution is 2.30. The zero-order valence-corrected chi connectivity index (χ0v) is 12.1. The number of halogens is 1. The molecule has 5 heteroatoms. The van der Waals surface area contributed by atoms with Crippen molar-refractivity contribution in [3.05, 3.63) is 29.6 Å². The Hall–Kier alpha value is -1.17. The van der Waals surface area contributed by atoms with Crippen LogP contribution < -0.4 is 10.1 Å². The van der Waals surface area contributed by atoms with Gasteiger partial charge in [-0.15, -0.1) is 0 Å². The number of hydrogen-bond donors (Lipinski definition) is 2. The van der Waals surface area contributed by atoms with Crippen LogP contribution in [0.5, 0.6) is 5.75 Å². The van der Waals surface area contributed by atoms with Crippen molar-refractivity contribution in [3.8, 4) is 5.75 Å². The monoisotopic (exact) mass is 282 g/mol. The van der Waals surface area contributed by atoms with E-state index in [1.54, 1.807) is 6.07 Å². The number of rotatable bonds is 5. The summed E-state index contributed by atoms with van der Waals surface area (Å²) in [5, 5.41) is 13.8. The molecule has 2 rings (SSSR count). The van der Waals surface area contributed by atoms with Gasteiger partial charge in [0, 0.05) is 37.8 Å². The van der Waals surface area contributed by atoms with E-state index in [9.17, 15) is 9.50 Å². The maximum Gasteiger partial charge on any atom is 0.125 e. The lowest BCUT2D eigenvalue weighted by atomic mass is 10.0. The predicted octanol–water partition coefficient (Wildman–Crippen LogP) is 1.55. The Morgan fingerprint density at radius 3 is 2.75 bits per heavy atom. The SMILES string of the molecule is CCOc1ccc(F)cc1C(O)C(C)N1CCNCC1. The molecule has 1 heterocycles. The molecule has 4 nitrogen and oxygen atoms in total. The van der Waals surface area contributed by atoms with E-state index in [1.807, 2.05) is 13.8 Å². The normalized spacial score (nSPS) is 19.6. The van der Waals surface area contributed by atoms with Crippen LogP contribution in [0.3, 0.4) is 0 Å².